The van der Waals surface area contributed by atoms with Gasteiger partial charge in [-0.3, -0.25) is 4.79 Å². The molecule has 0 bridgehead atoms. The van der Waals surface area contributed by atoms with Crippen LogP contribution in [0.25, 0.3) is 0 Å². The van der Waals surface area contributed by atoms with Crippen molar-refractivity contribution in [3.8, 4) is 0 Å². The van der Waals surface area contributed by atoms with E-state index in [-0.39, 0.29) is 11.7 Å². The van der Waals surface area contributed by atoms with E-state index in [2.05, 4.69) is 5.16 Å². The summed E-state index contributed by atoms with van der Waals surface area (Å²) in [5.74, 6) is -0.0180. The van der Waals surface area contributed by atoms with Crippen molar-refractivity contribution in [1.29, 1.82) is 0 Å². The van der Waals surface area contributed by atoms with E-state index >= 15 is 0 Å². The van der Waals surface area contributed by atoms with Gasteiger partial charge < -0.3 is 15.8 Å². The molecule has 1 atom stereocenters. The molecule has 0 aromatic rings. The van der Waals surface area contributed by atoms with Gasteiger partial charge in [-0.25, -0.2) is 0 Å². The first-order valence-corrected chi connectivity index (χ1v) is 5.83. The Labute approximate surface area is 96.3 Å². The fourth-order valence-corrected chi connectivity index (χ4v) is 2.00. The van der Waals surface area contributed by atoms with Gasteiger partial charge in [0.05, 0.1) is 0 Å². The summed E-state index contributed by atoms with van der Waals surface area (Å²) in [4.78, 5) is 14.1. The Morgan fingerprint density at radius 2 is 2.00 bits per heavy atom. The molecule has 92 valence electrons. The molecule has 1 amide bonds. The zero-order valence-corrected chi connectivity index (χ0v) is 10.1. The van der Waals surface area contributed by atoms with Gasteiger partial charge in [-0.05, 0) is 32.6 Å². The van der Waals surface area contributed by atoms with Crippen LogP contribution in [0.2, 0.25) is 0 Å². The molecular weight excluding hydrogens is 206 g/mol. The number of nitrogens with zero attached hydrogens (tertiary/aromatic N) is 2. The average molecular weight is 227 g/mol. The molecule has 1 rings (SSSR count). The molecule has 1 aliphatic rings. The minimum Gasteiger partial charge on any atom is -0.409 e. The monoisotopic (exact) mass is 227 g/mol. The second kappa shape index (κ2) is 5.18. The van der Waals surface area contributed by atoms with Crippen LogP contribution in [0, 0.1) is 5.41 Å². The van der Waals surface area contributed by atoms with E-state index in [4.69, 9.17) is 10.9 Å². The van der Waals surface area contributed by atoms with Gasteiger partial charge in [0, 0.05) is 13.1 Å². The number of piperidine rings is 1. The SMILES string of the molecule is CCC(C)(C(=O)N1CCCCC1)C(N)=NO. The van der Waals surface area contributed by atoms with Crippen LogP contribution in [0.4, 0.5) is 0 Å². The number of nitrogens with two attached hydrogens (primary N) is 1. The van der Waals surface area contributed by atoms with Crippen molar-refractivity contribution < 1.29 is 10.0 Å². The summed E-state index contributed by atoms with van der Waals surface area (Å²) in [5, 5.41) is 11.7. The summed E-state index contributed by atoms with van der Waals surface area (Å²) < 4.78 is 0. The number of rotatable bonds is 3. The summed E-state index contributed by atoms with van der Waals surface area (Å²) in [6.07, 6.45) is 3.80. The highest BCUT2D eigenvalue weighted by Crippen LogP contribution is 2.26. The molecule has 0 saturated carbocycles. The number of carbonyl (C=O) groups excluding carboxylic acids is 1. The summed E-state index contributed by atoms with van der Waals surface area (Å²) in [6, 6.07) is 0. The molecule has 1 unspecified atom stereocenters. The summed E-state index contributed by atoms with van der Waals surface area (Å²) >= 11 is 0. The van der Waals surface area contributed by atoms with E-state index in [9.17, 15) is 4.79 Å². The second-order valence-electron chi connectivity index (χ2n) is 4.52. The average Bonchev–Trinajstić information content (AvgIpc) is 2.36. The zero-order chi connectivity index (χ0) is 12.2. The van der Waals surface area contributed by atoms with Crippen LogP contribution in [0.1, 0.15) is 39.5 Å². The molecule has 1 aliphatic heterocycles. The highest BCUT2D eigenvalue weighted by molar-refractivity contribution is 6.06. The van der Waals surface area contributed by atoms with Crippen molar-refractivity contribution in [3.05, 3.63) is 0 Å². The molecule has 0 aliphatic carbocycles. The van der Waals surface area contributed by atoms with E-state index in [0.29, 0.717) is 6.42 Å². The zero-order valence-electron chi connectivity index (χ0n) is 10.1. The largest absolute Gasteiger partial charge is 0.409 e. The van der Waals surface area contributed by atoms with Gasteiger partial charge in [-0.1, -0.05) is 12.1 Å². The van der Waals surface area contributed by atoms with E-state index in [1.165, 1.54) is 6.42 Å². The molecule has 5 nitrogen and oxygen atoms in total. The van der Waals surface area contributed by atoms with Gasteiger partial charge in [-0.2, -0.15) is 0 Å². The van der Waals surface area contributed by atoms with Gasteiger partial charge >= 0.3 is 0 Å². The first kappa shape index (κ1) is 12.8. The molecule has 1 heterocycles. The van der Waals surface area contributed by atoms with Crippen molar-refractivity contribution in [1.82, 2.24) is 4.90 Å². The molecule has 16 heavy (non-hydrogen) atoms. The van der Waals surface area contributed by atoms with Gasteiger partial charge in [-0.15, -0.1) is 0 Å². The van der Waals surface area contributed by atoms with Crippen molar-refractivity contribution in [2.75, 3.05) is 13.1 Å². The van der Waals surface area contributed by atoms with Gasteiger partial charge in [0.15, 0.2) is 5.84 Å². The molecule has 0 aromatic carbocycles. The van der Waals surface area contributed by atoms with Crippen LogP contribution in [0.3, 0.4) is 0 Å². The lowest BCUT2D eigenvalue weighted by Gasteiger charge is -2.35. The fourth-order valence-electron chi connectivity index (χ4n) is 2.00. The van der Waals surface area contributed by atoms with Crippen molar-refractivity contribution >= 4 is 11.7 Å². The summed E-state index contributed by atoms with van der Waals surface area (Å²) in [6.45, 7) is 5.18. The number of likely N-dealkylation sites (tertiary alicyclic amines) is 1. The first-order valence-electron chi connectivity index (χ1n) is 5.83. The molecule has 0 aromatic heterocycles. The van der Waals surface area contributed by atoms with Crippen molar-refractivity contribution in [2.45, 2.75) is 39.5 Å². The van der Waals surface area contributed by atoms with Crippen LogP contribution in [-0.4, -0.2) is 34.9 Å². The van der Waals surface area contributed by atoms with Crippen LogP contribution >= 0.6 is 0 Å². The normalized spacial score (nSPS) is 21.6. The predicted molar refractivity (Wildman–Crippen MR) is 62.2 cm³/mol. The number of carbonyl (C=O) groups is 1. The highest BCUT2D eigenvalue weighted by atomic mass is 16.4. The third kappa shape index (κ3) is 2.28. The maximum Gasteiger partial charge on any atom is 0.236 e. The lowest BCUT2D eigenvalue weighted by atomic mass is 9.84. The number of hydrogen-bond donors (Lipinski definition) is 2. The minimum atomic E-state index is -0.869. The third-order valence-corrected chi connectivity index (χ3v) is 3.50. The Morgan fingerprint density at radius 3 is 2.44 bits per heavy atom. The van der Waals surface area contributed by atoms with Crippen LogP contribution in [0.5, 0.6) is 0 Å². The van der Waals surface area contributed by atoms with E-state index in [0.717, 1.165) is 25.9 Å². The molecule has 5 heteroatoms. The van der Waals surface area contributed by atoms with Gasteiger partial charge in [0.25, 0.3) is 0 Å². The lowest BCUT2D eigenvalue weighted by molar-refractivity contribution is -0.138. The molecule has 0 radical (unpaired) electrons. The quantitative estimate of drug-likeness (QED) is 0.329. The predicted octanol–water partition coefficient (Wildman–Crippen LogP) is 1.16. The molecule has 0 spiro atoms. The maximum atomic E-state index is 12.3. The number of oxime groups is 1. The Kier molecular flexibility index (Phi) is 4.15. The molecule has 1 fully saturated rings. The summed E-state index contributed by atoms with van der Waals surface area (Å²) in [7, 11) is 0. The number of amidine groups is 1. The lowest BCUT2D eigenvalue weighted by Crippen LogP contribution is -2.50. The fraction of sp³-hybridized carbons (Fsp3) is 0.818. The van der Waals surface area contributed by atoms with Crippen LogP contribution < -0.4 is 5.73 Å². The molecular formula is C11H21N3O2. The van der Waals surface area contributed by atoms with E-state index in [1.54, 1.807) is 6.92 Å². The Hall–Kier alpha value is -1.26. The van der Waals surface area contributed by atoms with Crippen LogP contribution in [-0.2, 0) is 4.79 Å². The van der Waals surface area contributed by atoms with E-state index < -0.39 is 5.41 Å². The molecule has 1 saturated heterocycles. The van der Waals surface area contributed by atoms with Gasteiger partial charge in [0.1, 0.15) is 5.41 Å². The number of hydrogen-bond acceptors (Lipinski definition) is 3. The maximum absolute atomic E-state index is 12.3. The van der Waals surface area contributed by atoms with Crippen molar-refractivity contribution in [3.63, 3.8) is 0 Å². The standard InChI is InChI=1S/C11H21N3O2/c1-3-11(2,9(12)13-16)10(15)14-7-5-4-6-8-14/h16H,3-8H2,1-2H3,(H2,12,13). The van der Waals surface area contributed by atoms with Crippen molar-refractivity contribution in [2.24, 2.45) is 16.3 Å². The van der Waals surface area contributed by atoms with Gasteiger partial charge in [0.2, 0.25) is 5.91 Å². The Balaban J connectivity index is 2.83. The smallest absolute Gasteiger partial charge is 0.236 e. The van der Waals surface area contributed by atoms with Crippen LogP contribution in [0.15, 0.2) is 5.16 Å². The molecule has 3 N–H and O–H groups in total. The second-order valence-corrected chi connectivity index (χ2v) is 4.52. The number of amides is 1. The first-order chi connectivity index (χ1) is 7.56. The minimum absolute atomic E-state index is 0.00516. The topological polar surface area (TPSA) is 78.9 Å². The highest BCUT2D eigenvalue weighted by Gasteiger charge is 2.39. The van der Waals surface area contributed by atoms with E-state index in [1.807, 2.05) is 11.8 Å². The summed E-state index contributed by atoms with van der Waals surface area (Å²) in [5.41, 5.74) is 4.75. The third-order valence-electron chi connectivity index (χ3n) is 3.50. The Morgan fingerprint density at radius 1 is 1.44 bits per heavy atom. The Bertz CT molecular complexity index is 285.